The van der Waals surface area contributed by atoms with Gasteiger partial charge < -0.3 is 26.5 Å². The zero-order chi connectivity index (χ0) is 28.2. The maximum Gasteiger partial charge on any atom is 0.317 e. The predicted molar refractivity (Wildman–Crippen MR) is 149 cm³/mol. The molecule has 2 aliphatic heterocycles. The highest BCUT2D eigenvalue weighted by atomic mass is 16.5. The lowest BCUT2D eigenvalue weighted by molar-refractivity contribution is -0.250. The Labute approximate surface area is 224 Å². The van der Waals surface area contributed by atoms with E-state index in [0.29, 0.717) is 45.1 Å². The molecule has 2 heterocycles. The Hall–Kier alpha value is -1.75. The Balaban J connectivity index is 2.23. The first kappa shape index (κ1) is 31.5. The number of nitrogens with one attached hydrogen (secondary N) is 1. The molecule has 0 atom stereocenters. The highest BCUT2D eigenvalue weighted by molar-refractivity contribution is 6.30. The maximum absolute atomic E-state index is 13.9. The number of amides is 2. The van der Waals surface area contributed by atoms with Crippen LogP contribution in [0.5, 0.6) is 0 Å². The number of nitrogens with two attached hydrogens (primary N) is 1. The molecular formula is C27H53N7O3. The molecule has 0 radical (unpaired) electrons. The van der Waals surface area contributed by atoms with Crippen molar-refractivity contribution in [1.82, 2.24) is 20.3 Å². The molecule has 37 heavy (non-hydrogen) atoms. The Morgan fingerprint density at radius 2 is 1.46 bits per heavy atom. The van der Waals surface area contributed by atoms with Crippen LogP contribution >= 0.6 is 0 Å². The van der Waals surface area contributed by atoms with Crippen LogP contribution in [0.25, 0.3) is 0 Å². The van der Waals surface area contributed by atoms with Crippen LogP contribution in [0.3, 0.4) is 0 Å². The second-order valence-electron chi connectivity index (χ2n) is 13.4. The van der Waals surface area contributed by atoms with Crippen LogP contribution < -0.4 is 11.2 Å². The minimum Gasteiger partial charge on any atom is -0.335 e. The second kappa shape index (κ2) is 12.0. The van der Waals surface area contributed by atoms with Gasteiger partial charge >= 0.3 is 6.03 Å². The van der Waals surface area contributed by atoms with Gasteiger partial charge in [-0.1, -0.05) is 6.92 Å². The lowest BCUT2D eigenvalue weighted by Crippen LogP contribution is -2.66. The van der Waals surface area contributed by atoms with Gasteiger partial charge in [-0.05, 0) is 100 Å². The first-order chi connectivity index (χ1) is 17.0. The van der Waals surface area contributed by atoms with Gasteiger partial charge in [-0.2, -0.15) is 15.2 Å². The van der Waals surface area contributed by atoms with Gasteiger partial charge in [0, 0.05) is 53.5 Å². The molecule has 0 aromatic carbocycles. The molecule has 2 saturated heterocycles. The molecule has 10 heteroatoms. The number of rotatable bonds is 9. The highest BCUT2D eigenvalue weighted by Crippen LogP contribution is 2.40. The summed E-state index contributed by atoms with van der Waals surface area (Å²) in [6, 6.07) is -0.207. The first-order valence-corrected chi connectivity index (χ1v) is 13.8. The number of hydrazone groups is 1. The Morgan fingerprint density at radius 3 is 1.92 bits per heavy atom. The summed E-state index contributed by atoms with van der Waals surface area (Å²) >= 11 is 0. The normalized spacial score (nSPS) is 24.9. The highest BCUT2D eigenvalue weighted by Gasteiger charge is 2.49. The molecule has 214 valence electrons. The fourth-order valence-electron chi connectivity index (χ4n) is 6.41. The van der Waals surface area contributed by atoms with E-state index in [-0.39, 0.29) is 18.1 Å². The number of hydroxylamine groups is 4. The molecule has 5 N–H and O–H groups in total. The number of hydrogen-bond acceptors (Lipinski definition) is 8. The minimum absolute atomic E-state index is 0.0422. The van der Waals surface area contributed by atoms with Crippen LogP contribution in [0.4, 0.5) is 4.79 Å². The van der Waals surface area contributed by atoms with Crippen molar-refractivity contribution in [1.29, 1.82) is 0 Å². The standard InChI is InChI=1S/C27H53N7O3/c1-10-13-29-19-20(31-28)12-11-14-32(22-17-26(6,7)34(37)27(8,9)18-22)23(35)30-21-15-24(2,3)33(36)25(4,5)16-21/h19,21-22,36-37H,10-18,28H2,1-9H3,(H,30,35). The van der Waals surface area contributed by atoms with E-state index in [1.807, 2.05) is 60.3 Å². The molecule has 0 saturated carbocycles. The molecule has 2 rings (SSSR count). The third-order valence-electron chi connectivity index (χ3n) is 7.88. The number of carbonyl (C=O) groups is 1. The smallest absolute Gasteiger partial charge is 0.317 e. The van der Waals surface area contributed by atoms with E-state index < -0.39 is 22.2 Å². The lowest BCUT2D eigenvalue weighted by Gasteiger charge is -2.54. The van der Waals surface area contributed by atoms with E-state index in [9.17, 15) is 15.2 Å². The van der Waals surface area contributed by atoms with Gasteiger partial charge in [0.15, 0.2) is 0 Å². The molecule has 0 bridgehead atoms. The molecule has 10 nitrogen and oxygen atoms in total. The Bertz CT molecular complexity index is 802. The van der Waals surface area contributed by atoms with Gasteiger partial charge in [-0.25, -0.2) is 4.79 Å². The van der Waals surface area contributed by atoms with Crippen LogP contribution in [-0.4, -0.2) is 90.7 Å². The zero-order valence-electron chi connectivity index (χ0n) is 24.7. The number of carbonyl (C=O) groups excluding carboxylic acids is 1. The lowest BCUT2D eigenvalue weighted by atomic mass is 9.78. The van der Waals surface area contributed by atoms with Gasteiger partial charge in [0.05, 0.1) is 5.71 Å². The van der Waals surface area contributed by atoms with E-state index in [4.69, 9.17) is 5.84 Å². The summed E-state index contributed by atoms with van der Waals surface area (Å²) in [7, 11) is 0. The summed E-state index contributed by atoms with van der Waals surface area (Å²) in [5.41, 5.74) is -1.15. The van der Waals surface area contributed by atoms with E-state index in [1.165, 1.54) is 10.1 Å². The third-order valence-corrected chi connectivity index (χ3v) is 7.88. The minimum atomic E-state index is -0.478. The van der Waals surface area contributed by atoms with E-state index >= 15 is 0 Å². The van der Waals surface area contributed by atoms with Crippen molar-refractivity contribution in [2.24, 2.45) is 15.9 Å². The summed E-state index contributed by atoms with van der Waals surface area (Å²) in [5, 5.41) is 31.6. The average molecular weight is 524 g/mol. The fraction of sp³-hybridized carbons (Fsp3) is 0.889. The van der Waals surface area contributed by atoms with Crippen LogP contribution in [0.1, 0.15) is 107 Å². The molecular weight excluding hydrogens is 470 g/mol. The van der Waals surface area contributed by atoms with Crippen molar-refractivity contribution in [2.45, 2.75) is 141 Å². The monoisotopic (exact) mass is 523 g/mol. The summed E-state index contributed by atoms with van der Waals surface area (Å²) in [6.45, 7) is 19.4. The van der Waals surface area contributed by atoms with E-state index in [2.05, 4.69) is 22.3 Å². The molecule has 2 aliphatic rings. The van der Waals surface area contributed by atoms with Crippen molar-refractivity contribution < 1.29 is 15.2 Å². The van der Waals surface area contributed by atoms with Crippen molar-refractivity contribution in [2.75, 3.05) is 13.1 Å². The maximum atomic E-state index is 13.9. The van der Waals surface area contributed by atoms with Gasteiger partial charge in [0.25, 0.3) is 0 Å². The molecule has 0 aromatic heterocycles. The Kier molecular flexibility index (Phi) is 10.2. The number of urea groups is 1. The van der Waals surface area contributed by atoms with Crippen molar-refractivity contribution in [3.05, 3.63) is 0 Å². The van der Waals surface area contributed by atoms with Crippen molar-refractivity contribution in [3.8, 4) is 0 Å². The SMILES string of the molecule is CCCN=CC(CCCN(C(=O)NC1CC(C)(C)N(O)C(C)(C)C1)C1CC(C)(C)N(O)C(C)(C)C1)=NN. The van der Waals surface area contributed by atoms with Crippen LogP contribution in [0.15, 0.2) is 10.1 Å². The number of hydrogen-bond donors (Lipinski definition) is 4. The summed E-state index contributed by atoms with van der Waals surface area (Å²) in [4.78, 5) is 20.2. The molecule has 0 aromatic rings. The first-order valence-electron chi connectivity index (χ1n) is 13.8. The average Bonchev–Trinajstić information content (AvgIpc) is 2.76. The fourth-order valence-corrected chi connectivity index (χ4v) is 6.41. The van der Waals surface area contributed by atoms with E-state index in [1.54, 1.807) is 6.21 Å². The van der Waals surface area contributed by atoms with Gasteiger partial charge in [0.2, 0.25) is 0 Å². The number of nitrogens with zero attached hydrogens (tertiary/aromatic N) is 5. The molecule has 2 amide bonds. The van der Waals surface area contributed by atoms with Gasteiger partial charge in [0.1, 0.15) is 0 Å². The molecule has 0 aliphatic carbocycles. The topological polar surface area (TPSA) is 130 Å². The predicted octanol–water partition coefficient (Wildman–Crippen LogP) is 4.40. The van der Waals surface area contributed by atoms with Crippen LogP contribution in [0, 0.1) is 0 Å². The largest absolute Gasteiger partial charge is 0.335 e. The number of piperidine rings is 2. The molecule has 2 fully saturated rings. The summed E-state index contributed by atoms with van der Waals surface area (Å²) in [6.07, 6.45) is 6.63. The van der Waals surface area contributed by atoms with Gasteiger partial charge in [-0.15, -0.1) is 0 Å². The van der Waals surface area contributed by atoms with Gasteiger partial charge in [-0.3, -0.25) is 4.99 Å². The molecule has 0 spiro atoms. The third kappa shape index (κ3) is 7.88. The summed E-state index contributed by atoms with van der Waals surface area (Å²) < 4.78 is 0. The molecule has 0 unspecified atom stereocenters. The zero-order valence-corrected chi connectivity index (χ0v) is 24.7. The van der Waals surface area contributed by atoms with Crippen LogP contribution in [-0.2, 0) is 0 Å². The quantitative estimate of drug-likeness (QED) is 0.201. The van der Waals surface area contributed by atoms with Crippen LogP contribution in [0.2, 0.25) is 0 Å². The van der Waals surface area contributed by atoms with Crippen molar-refractivity contribution >= 4 is 18.0 Å². The summed E-state index contributed by atoms with van der Waals surface area (Å²) in [5.74, 6) is 5.59. The van der Waals surface area contributed by atoms with E-state index in [0.717, 1.165) is 18.7 Å². The van der Waals surface area contributed by atoms with Crippen molar-refractivity contribution in [3.63, 3.8) is 0 Å². The Morgan fingerprint density at radius 1 is 0.973 bits per heavy atom. The number of aliphatic imine (C=N–C) groups is 1. The second-order valence-corrected chi connectivity index (χ2v) is 13.4.